The van der Waals surface area contributed by atoms with Gasteiger partial charge in [0.2, 0.25) is 0 Å². The lowest BCUT2D eigenvalue weighted by Gasteiger charge is -2.14. The summed E-state index contributed by atoms with van der Waals surface area (Å²) in [4.78, 5) is 25.8. The number of hydrogen-bond acceptors (Lipinski definition) is 8. The maximum atomic E-state index is 12.4. The van der Waals surface area contributed by atoms with Gasteiger partial charge in [0, 0.05) is 11.3 Å². The highest BCUT2D eigenvalue weighted by molar-refractivity contribution is 7.85. The zero-order chi connectivity index (χ0) is 22.6. The quantitative estimate of drug-likeness (QED) is 0.375. The van der Waals surface area contributed by atoms with Crippen LogP contribution in [0.25, 0.3) is 0 Å². The average molecular weight is 447 g/mol. The van der Waals surface area contributed by atoms with Crippen molar-refractivity contribution in [2.24, 2.45) is 0 Å². The summed E-state index contributed by atoms with van der Waals surface area (Å²) in [5.41, 5.74) is 1.23. The number of para-hydroxylation sites is 1. The normalized spacial score (nSPS) is 16.0. The Morgan fingerprint density at radius 2 is 1.90 bits per heavy atom. The van der Waals surface area contributed by atoms with Gasteiger partial charge in [0.05, 0.1) is 25.5 Å². The van der Waals surface area contributed by atoms with Gasteiger partial charge in [-0.15, -0.1) is 0 Å². The summed E-state index contributed by atoms with van der Waals surface area (Å²) in [6.45, 7) is -0.144. The zero-order valence-corrected chi connectivity index (χ0v) is 17.6. The van der Waals surface area contributed by atoms with Gasteiger partial charge in [-0.3, -0.25) is 19.3 Å². The van der Waals surface area contributed by atoms with E-state index in [1.54, 1.807) is 48.5 Å². The number of ether oxygens (including phenoxy) is 2. The molecule has 1 atom stereocenters. The number of hydrogen-bond donors (Lipinski definition) is 2. The van der Waals surface area contributed by atoms with Crippen LogP contribution < -0.4 is 15.0 Å². The molecule has 1 unspecified atom stereocenters. The Morgan fingerprint density at radius 1 is 1.23 bits per heavy atom. The molecule has 1 aliphatic rings. The SMILES string of the molecule is COc1ccccc1C(=O)NC(=N)c1ccc(N2CC(COS(C)(=O)=O)OC2=O)cc1. The van der Waals surface area contributed by atoms with Crippen LogP contribution in [-0.2, 0) is 19.0 Å². The lowest BCUT2D eigenvalue weighted by Crippen LogP contribution is -2.31. The molecule has 0 radical (unpaired) electrons. The molecule has 2 N–H and O–H groups in total. The molecular weight excluding hydrogens is 426 g/mol. The van der Waals surface area contributed by atoms with Gasteiger partial charge in [-0.25, -0.2) is 4.79 Å². The van der Waals surface area contributed by atoms with E-state index in [0.29, 0.717) is 22.6 Å². The second-order valence-corrected chi connectivity index (χ2v) is 8.33. The summed E-state index contributed by atoms with van der Waals surface area (Å²) in [7, 11) is -2.18. The van der Waals surface area contributed by atoms with Gasteiger partial charge >= 0.3 is 6.09 Å². The maximum absolute atomic E-state index is 12.4. The first-order chi connectivity index (χ1) is 14.7. The van der Waals surface area contributed by atoms with Gasteiger partial charge in [0.25, 0.3) is 16.0 Å². The van der Waals surface area contributed by atoms with Gasteiger partial charge < -0.3 is 14.8 Å². The van der Waals surface area contributed by atoms with Crippen molar-refractivity contribution >= 4 is 33.6 Å². The third-order valence-corrected chi connectivity index (χ3v) is 4.96. The molecule has 2 amide bonds. The number of rotatable bonds is 7. The van der Waals surface area contributed by atoms with E-state index < -0.39 is 28.2 Å². The highest BCUT2D eigenvalue weighted by atomic mass is 32.2. The van der Waals surface area contributed by atoms with E-state index in [-0.39, 0.29) is 19.0 Å². The molecular formula is C20H21N3O7S. The van der Waals surface area contributed by atoms with E-state index in [2.05, 4.69) is 9.50 Å². The first kappa shape index (κ1) is 22.2. The molecule has 1 aliphatic heterocycles. The maximum Gasteiger partial charge on any atom is 0.414 e. The number of carbonyl (C=O) groups is 2. The van der Waals surface area contributed by atoms with E-state index in [0.717, 1.165) is 6.26 Å². The molecule has 164 valence electrons. The lowest BCUT2D eigenvalue weighted by molar-refractivity contribution is 0.0973. The molecule has 1 fully saturated rings. The summed E-state index contributed by atoms with van der Waals surface area (Å²) >= 11 is 0. The Morgan fingerprint density at radius 3 is 2.55 bits per heavy atom. The van der Waals surface area contributed by atoms with Crippen molar-refractivity contribution < 1.29 is 31.7 Å². The number of amidine groups is 1. The Labute approximate surface area is 179 Å². The first-order valence-corrected chi connectivity index (χ1v) is 11.0. The van der Waals surface area contributed by atoms with Crippen LogP contribution in [0.4, 0.5) is 10.5 Å². The summed E-state index contributed by atoms with van der Waals surface area (Å²) in [6, 6.07) is 13.0. The van der Waals surface area contributed by atoms with Gasteiger partial charge in [0.1, 0.15) is 24.3 Å². The van der Waals surface area contributed by atoms with E-state index in [9.17, 15) is 18.0 Å². The highest BCUT2D eigenvalue weighted by Crippen LogP contribution is 2.23. The minimum Gasteiger partial charge on any atom is -0.496 e. The van der Waals surface area contributed by atoms with E-state index in [4.69, 9.17) is 14.9 Å². The topological polar surface area (TPSA) is 135 Å². The zero-order valence-electron chi connectivity index (χ0n) is 16.8. The highest BCUT2D eigenvalue weighted by Gasteiger charge is 2.33. The summed E-state index contributed by atoms with van der Waals surface area (Å²) in [5.74, 6) is -0.209. The molecule has 1 saturated heterocycles. The minimum atomic E-state index is -3.64. The summed E-state index contributed by atoms with van der Waals surface area (Å²) in [6.07, 6.45) is -0.434. The second kappa shape index (κ2) is 9.14. The van der Waals surface area contributed by atoms with Crippen molar-refractivity contribution in [2.75, 3.05) is 31.4 Å². The Balaban J connectivity index is 1.64. The lowest BCUT2D eigenvalue weighted by atomic mass is 10.1. The number of cyclic esters (lactones) is 1. The van der Waals surface area contributed by atoms with Gasteiger partial charge in [-0.05, 0) is 36.4 Å². The second-order valence-electron chi connectivity index (χ2n) is 6.68. The predicted octanol–water partition coefficient (Wildman–Crippen LogP) is 1.75. The van der Waals surface area contributed by atoms with E-state index in [1.807, 2.05) is 0 Å². The van der Waals surface area contributed by atoms with E-state index >= 15 is 0 Å². The molecule has 0 saturated carbocycles. The fraction of sp³-hybridized carbons (Fsp3) is 0.250. The number of nitrogens with zero attached hydrogens (tertiary/aromatic N) is 1. The van der Waals surface area contributed by atoms with Crippen LogP contribution >= 0.6 is 0 Å². The van der Waals surface area contributed by atoms with Crippen LogP contribution in [-0.4, -0.2) is 58.9 Å². The molecule has 10 nitrogen and oxygen atoms in total. The standard InChI is InChI=1S/C20H21N3O7S/c1-28-17-6-4-3-5-16(17)19(24)22-18(21)13-7-9-14(10-8-13)23-11-15(30-20(23)25)12-29-31(2,26)27/h3-10,15H,11-12H2,1-2H3,(H2,21,22,24). The Hall–Kier alpha value is -3.44. The van der Waals surface area contributed by atoms with Gasteiger partial charge in [-0.2, -0.15) is 8.42 Å². The third-order valence-electron chi connectivity index (χ3n) is 4.40. The monoisotopic (exact) mass is 447 g/mol. The number of anilines is 1. The first-order valence-electron chi connectivity index (χ1n) is 9.14. The molecule has 3 rings (SSSR count). The molecule has 11 heteroatoms. The average Bonchev–Trinajstić information content (AvgIpc) is 3.12. The number of carbonyl (C=O) groups excluding carboxylic acids is 2. The van der Waals surface area contributed by atoms with Crippen molar-refractivity contribution in [2.45, 2.75) is 6.10 Å². The molecule has 2 aromatic carbocycles. The predicted molar refractivity (Wildman–Crippen MR) is 112 cm³/mol. The molecule has 0 bridgehead atoms. The summed E-state index contributed by atoms with van der Waals surface area (Å²) in [5, 5.41) is 10.7. The fourth-order valence-electron chi connectivity index (χ4n) is 2.91. The molecule has 0 spiro atoms. The van der Waals surface area contributed by atoms with Crippen molar-refractivity contribution in [3.05, 3.63) is 59.7 Å². The Bertz CT molecular complexity index is 1100. The molecule has 1 heterocycles. The van der Waals surface area contributed by atoms with Gasteiger partial charge in [-0.1, -0.05) is 12.1 Å². The summed E-state index contributed by atoms with van der Waals surface area (Å²) < 4.78 is 37.1. The molecule has 0 aromatic heterocycles. The number of nitrogens with one attached hydrogen (secondary N) is 2. The van der Waals surface area contributed by atoms with Crippen LogP contribution in [0.3, 0.4) is 0 Å². The smallest absolute Gasteiger partial charge is 0.414 e. The fourth-order valence-corrected chi connectivity index (χ4v) is 3.31. The number of amides is 2. The molecule has 31 heavy (non-hydrogen) atoms. The van der Waals surface area contributed by atoms with Crippen molar-refractivity contribution in [1.82, 2.24) is 5.32 Å². The van der Waals surface area contributed by atoms with Crippen LogP contribution in [0.2, 0.25) is 0 Å². The largest absolute Gasteiger partial charge is 0.496 e. The van der Waals surface area contributed by atoms with Crippen LogP contribution in [0.1, 0.15) is 15.9 Å². The molecule has 2 aromatic rings. The molecule has 0 aliphatic carbocycles. The van der Waals surface area contributed by atoms with Crippen LogP contribution in [0, 0.1) is 5.41 Å². The van der Waals surface area contributed by atoms with E-state index in [1.165, 1.54) is 12.0 Å². The third kappa shape index (κ3) is 5.58. The number of methoxy groups -OCH3 is 1. The minimum absolute atomic E-state index is 0.120. The van der Waals surface area contributed by atoms with Crippen molar-refractivity contribution in [3.63, 3.8) is 0 Å². The van der Waals surface area contributed by atoms with Crippen molar-refractivity contribution in [1.29, 1.82) is 5.41 Å². The Kier molecular flexibility index (Phi) is 6.56. The van der Waals surface area contributed by atoms with Gasteiger partial charge in [0.15, 0.2) is 0 Å². The van der Waals surface area contributed by atoms with Crippen molar-refractivity contribution in [3.8, 4) is 5.75 Å². The van der Waals surface area contributed by atoms with Crippen LogP contribution in [0.15, 0.2) is 48.5 Å². The van der Waals surface area contributed by atoms with Crippen LogP contribution in [0.5, 0.6) is 5.75 Å². The number of benzene rings is 2.